The first-order valence-electron chi connectivity index (χ1n) is 13.3. The number of esters is 1. The molecule has 5 rings (SSSR count). The van der Waals surface area contributed by atoms with Crippen molar-refractivity contribution in [3.63, 3.8) is 0 Å². The van der Waals surface area contributed by atoms with Crippen LogP contribution in [0.15, 0.2) is 46.0 Å². The van der Waals surface area contributed by atoms with Gasteiger partial charge < -0.3 is 15.2 Å². The second kappa shape index (κ2) is 12.2. The molecular weight excluding hydrogens is 595 g/mol. The van der Waals surface area contributed by atoms with Gasteiger partial charge in [0.1, 0.15) is 11.9 Å². The SMILES string of the molecule is COC(=O)C1=C(C2CCN(S(=O)(=O)[C@H]3CC[C@H](C(=O)O)CC3)CC2)NC(c2nccs2)=N[C@@H]1c1ccc(F)cc1Cl. The third-order valence-electron chi connectivity index (χ3n) is 8.04. The summed E-state index contributed by atoms with van der Waals surface area (Å²) in [5.74, 6) is -2.32. The summed E-state index contributed by atoms with van der Waals surface area (Å²) >= 11 is 7.79. The Bertz CT molecular complexity index is 1480. The van der Waals surface area contributed by atoms with Gasteiger partial charge in [0.05, 0.1) is 23.9 Å². The van der Waals surface area contributed by atoms with Crippen molar-refractivity contribution < 1.29 is 32.2 Å². The second-order valence-corrected chi connectivity index (χ2v) is 13.9. The Morgan fingerprint density at radius 3 is 2.46 bits per heavy atom. The van der Waals surface area contributed by atoms with E-state index in [9.17, 15) is 27.5 Å². The molecule has 1 saturated carbocycles. The first-order chi connectivity index (χ1) is 19.6. The van der Waals surface area contributed by atoms with Gasteiger partial charge >= 0.3 is 11.9 Å². The number of carbonyl (C=O) groups excluding carboxylic acids is 1. The molecule has 14 heteroatoms. The van der Waals surface area contributed by atoms with Crippen molar-refractivity contribution in [3.05, 3.63) is 62.5 Å². The number of nitrogens with one attached hydrogen (secondary N) is 1. The predicted molar refractivity (Wildman–Crippen MR) is 152 cm³/mol. The number of aromatic nitrogens is 1. The van der Waals surface area contributed by atoms with Gasteiger partial charge in [-0.15, -0.1) is 11.3 Å². The van der Waals surface area contributed by atoms with E-state index in [0.717, 1.165) is 0 Å². The number of methoxy groups -OCH3 is 1. The van der Waals surface area contributed by atoms with Crippen LogP contribution >= 0.6 is 22.9 Å². The molecule has 0 spiro atoms. The Kier molecular flexibility index (Phi) is 8.78. The lowest BCUT2D eigenvalue weighted by Gasteiger charge is -2.38. The van der Waals surface area contributed by atoms with Crippen LogP contribution in [0, 0.1) is 17.7 Å². The van der Waals surface area contributed by atoms with Gasteiger partial charge in [-0.1, -0.05) is 17.7 Å². The maximum Gasteiger partial charge on any atom is 0.338 e. The molecule has 10 nitrogen and oxygen atoms in total. The highest BCUT2D eigenvalue weighted by Crippen LogP contribution is 2.41. The van der Waals surface area contributed by atoms with Crippen LogP contribution in [0.2, 0.25) is 5.02 Å². The Labute approximate surface area is 246 Å². The molecule has 1 saturated heterocycles. The van der Waals surface area contributed by atoms with E-state index in [1.165, 1.54) is 41.0 Å². The molecule has 2 aromatic rings. The molecule has 0 bridgehead atoms. The standard InChI is InChI=1S/C27H30ClFN4O6S2/c1-39-27(36)21-22(15-8-11-33(12-9-15)41(37,38)18-5-2-16(3-6-18)26(34)35)31-24(25-30-10-13-40-25)32-23(21)19-7-4-17(29)14-20(19)28/h4,7,10,13-16,18,23H,2-3,5-6,8-9,11-12H2,1H3,(H,31,32)(H,34,35)/t16-,18-,23-/m1/s1. The topological polar surface area (TPSA) is 138 Å². The zero-order valence-corrected chi connectivity index (χ0v) is 24.6. The molecule has 3 aliphatic rings. The number of carboxylic acids is 1. The number of aliphatic carboxylic acids is 1. The van der Waals surface area contributed by atoms with Gasteiger partial charge in [0.25, 0.3) is 0 Å². The lowest BCUT2D eigenvalue weighted by atomic mass is 9.86. The number of ether oxygens (including phenoxy) is 1. The van der Waals surface area contributed by atoms with Crippen molar-refractivity contribution in [3.8, 4) is 0 Å². The van der Waals surface area contributed by atoms with Crippen LogP contribution in [-0.2, 0) is 24.3 Å². The minimum absolute atomic E-state index is 0.110. The van der Waals surface area contributed by atoms with Crippen molar-refractivity contribution in [2.75, 3.05) is 20.2 Å². The first kappa shape index (κ1) is 29.6. The number of halogens is 2. The molecule has 0 unspecified atom stereocenters. The van der Waals surface area contributed by atoms with Crippen LogP contribution in [0.3, 0.4) is 0 Å². The summed E-state index contributed by atoms with van der Waals surface area (Å²) in [6.45, 7) is 0.494. The molecule has 0 amide bonds. The van der Waals surface area contributed by atoms with Crippen LogP contribution in [0.4, 0.5) is 4.39 Å². The second-order valence-electron chi connectivity index (χ2n) is 10.4. The summed E-state index contributed by atoms with van der Waals surface area (Å²) in [5, 5.41) is 14.5. The Morgan fingerprint density at radius 2 is 1.88 bits per heavy atom. The van der Waals surface area contributed by atoms with Gasteiger partial charge in [0, 0.05) is 46.9 Å². The zero-order valence-electron chi connectivity index (χ0n) is 22.3. The molecular formula is C27H30ClFN4O6S2. The molecule has 1 aromatic carbocycles. The van der Waals surface area contributed by atoms with Crippen LogP contribution in [0.25, 0.3) is 0 Å². The quantitative estimate of drug-likeness (QED) is 0.439. The normalized spacial score (nSPS) is 24.5. The molecule has 2 fully saturated rings. The van der Waals surface area contributed by atoms with Gasteiger partial charge in [0.15, 0.2) is 10.8 Å². The van der Waals surface area contributed by atoms with Gasteiger partial charge in [-0.2, -0.15) is 0 Å². The monoisotopic (exact) mass is 624 g/mol. The first-order valence-corrected chi connectivity index (χ1v) is 16.1. The Hall–Kier alpha value is -2.87. The molecule has 1 aliphatic carbocycles. The summed E-state index contributed by atoms with van der Waals surface area (Å²) in [7, 11) is -2.34. The molecule has 41 heavy (non-hydrogen) atoms. The minimum atomic E-state index is -3.61. The Morgan fingerprint density at radius 1 is 1.17 bits per heavy atom. The van der Waals surface area contributed by atoms with Gasteiger partial charge in [-0.3, -0.25) is 9.79 Å². The summed E-state index contributed by atoms with van der Waals surface area (Å²) in [6.07, 6.45) is 3.85. The van der Waals surface area contributed by atoms with E-state index in [4.69, 9.17) is 21.3 Å². The van der Waals surface area contributed by atoms with Crippen LogP contribution in [0.1, 0.15) is 55.1 Å². The fraction of sp³-hybridized carbons (Fsp3) is 0.481. The van der Waals surface area contributed by atoms with Crippen LogP contribution in [0.5, 0.6) is 0 Å². The number of hydrogen-bond acceptors (Lipinski definition) is 9. The maximum absolute atomic E-state index is 13.9. The van der Waals surface area contributed by atoms with E-state index in [2.05, 4.69) is 10.3 Å². The highest BCUT2D eigenvalue weighted by atomic mass is 35.5. The number of carbonyl (C=O) groups is 2. The van der Waals surface area contributed by atoms with Crippen molar-refractivity contribution in [2.24, 2.45) is 16.8 Å². The van der Waals surface area contributed by atoms with Gasteiger partial charge in [0.2, 0.25) is 10.0 Å². The maximum atomic E-state index is 13.9. The van der Waals surface area contributed by atoms with Crippen molar-refractivity contribution in [2.45, 2.75) is 49.8 Å². The third kappa shape index (κ3) is 6.04. The van der Waals surface area contributed by atoms with Crippen molar-refractivity contribution >= 4 is 50.7 Å². The lowest BCUT2D eigenvalue weighted by molar-refractivity contribution is -0.142. The number of piperidine rings is 1. The van der Waals surface area contributed by atoms with E-state index in [0.29, 0.717) is 60.6 Å². The minimum Gasteiger partial charge on any atom is -0.481 e. The van der Waals surface area contributed by atoms with E-state index in [1.807, 2.05) is 0 Å². The van der Waals surface area contributed by atoms with E-state index in [-0.39, 0.29) is 29.6 Å². The average molecular weight is 625 g/mol. The summed E-state index contributed by atoms with van der Waals surface area (Å²) in [4.78, 5) is 33.6. The lowest BCUT2D eigenvalue weighted by Crippen LogP contribution is -2.46. The van der Waals surface area contributed by atoms with Crippen molar-refractivity contribution in [1.29, 1.82) is 0 Å². The largest absolute Gasteiger partial charge is 0.481 e. The predicted octanol–water partition coefficient (Wildman–Crippen LogP) is 4.14. The number of allylic oxidation sites excluding steroid dienone is 1. The number of carboxylic acid groups (broad SMARTS) is 1. The molecule has 2 N–H and O–H groups in total. The van der Waals surface area contributed by atoms with Crippen LogP contribution in [-0.4, -0.2) is 66.0 Å². The summed E-state index contributed by atoms with van der Waals surface area (Å²) in [6, 6.07) is 3.02. The third-order valence-corrected chi connectivity index (χ3v) is 11.5. The molecule has 220 valence electrons. The molecule has 1 atom stereocenters. The highest BCUT2D eigenvalue weighted by molar-refractivity contribution is 7.89. The van der Waals surface area contributed by atoms with Crippen molar-refractivity contribution in [1.82, 2.24) is 14.6 Å². The van der Waals surface area contributed by atoms with E-state index in [1.54, 1.807) is 11.6 Å². The average Bonchev–Trinajstić information content (AvgIpc) is 3.51. The summed E-state index contributed by atoms with van der Waals surface area (Å²) in [5.41, 5.74) is 1.22. The Balaban J connectivity index is 1.43. The number of nitrogens with zero attached hydrogens (tertiary/aromatic N) is 3. The number of sulfonamides is 1. The number of amidine groups is 1. The molecule has 0 radical (unpaired) electrons. The van der Waals surface area contributed by atoms with E-state index >= 15 is 0 Å². The van der Waals surface area contributed by atoms with Crippen LogP contribution < -0.4 is 5.32 Å². The number of hydrogen-bond donors (Lipinski definition) is 2. The fourth-order valence-electron chi connectivity index (χ4n) is 5.84. The number of thiazole rings is 1. The number of rotatable bonds is 7. The zero-order chi connectivity index (χ0) is 29.3. The number of benzene rings is 1. The van der Waals surface area contributed by atoms with Gasteiger partial charge in [-0.05, 0) is 50.7 Å². The summed E-state index contributed by atoms with van der Waals surface area (Å²) < 4.78 is 47.4. The van der Waals surface area contributed by atoms with Gasteiger partial charge in [-0.25, -0.2) is 26.9 Å². The smallest absolute Gasteiger partial charge is 0.338 e. The molecule has 3 heterocycles. The molecule has 2 aliphatic heterocycles. The molecule has 1 aromatic heterocycles. The highest BCUT2D eigenvalue weighted by Gasteiger charge is 2.41. The number of aliphatic imine (C=N–C) groups is 1. The fourth-order valence-corrected chi connectivity index (χ4v) is 8.70. The van der Waals surface area contributed by atoms with E-state index < -0.39 is 45.0 Å².